The highest BCUT2D eigenvalue weighted by atomic mass is 16.5. The van der Waals surface area contributed by atoms with E-state index in [1.807, 2.05) is 59.4 Å². The Morgan fingerprint density at radius 3 is 2.73 bits per heavy atom. The van der Waals surface area contributed by atoms with Gasteiger partial charge in [0.1, 0.15) is 12.4 Å². The zero-order chi connectivity index (χ0) is 20.5. The van der Waals surface area contributed by atoms with Crippen LogP contribution in [0.1, 0.15) is 5.56 Å². The van der Waals surface area contributed by atoms with Gasteiger partial charge in [-0.2, -0.15) is 0 Å². The third-order valence-corrected chi connectivity index (χ3v) is 5.05. The molecule has 2 aliphatic rings. The summed E-state index contributed by atoms with van der Waals surface area (Å²) in [6, 6.07) is 9.72. The molecular weight excluding hydrogens is 382 g/mol. The van der Waals surface area contributed by atoms with Gasteiger partial charge in [0.2, 0.25) is 11.7 Å². The number of oxazole rings is 1. The normalized spacial score (nSPS) is 14.9. The molecule has 1 aromatic carbocycles. The second kappa shape index (κ2) is 7.44. The summed E-state index contributed by atoms with van der Waals surface area (Å²) in [6.07, 6.45) is 12.3. The Kier molecular flexibility index (Phi) is 4.48. The molecule has 2 aromatic heterocycles. The molecule has 0 N–H and O–H groups in total. The first-order valence-electron chi connectivity index (χ1n) is 9.59. The number of fused-ring (bicyclic) bond motifs is 1. The summed E-state index contributed by atoms with van der Waals surface area (Å²) < 4.78 is 13.5. The zero-order valence-corrected chi connectivity index (χ0v) is 16.0. The maximum absolute atomic E-state index is 11.6. The van der Waals surface area contributed by atoms with E-state index < -0.39 is 11.7 Å². The fourth-order valence-corrected chi connectivity index (χ4v) is 3.41. The molecule has 3 aromatic rings. The summed E-state index contributed by atoms with van der Waals surface area (Å²) in [5.74, 6) is 1.12. The number of amides is 1. The van der Waals surface area contributed by atoms with Gasteiger partial charge in [0.05, 0.1) is 12.7 Å². The van der Waals surface area contributed by atoms with Crippen molar-refractivity contribution in [3.05, 3.63) is 72.8 Å². The van der Waals surface area contributed by atoms with Crippen molar-refractivity contribution in [2.45, 2.75) is 6.54 Å². The SMILES string of the molecule is O=C1C=CN(CC[n+]2ccc(-c3cnc(-c4ccc5c(c4)C=CCO5)o3)cc2)C1=O. The molecule has 148 valence electrons. The number of rotatable bonds is 5. The van der Waals surface area contributed by atoms with Gasteiger partial charge >= 0.3 is 0 Å². The molecule has 0 saturated heterocycles. The molecule has 5 rings (SSSR count). The van der Waals surface area contributed by atoms with Crippen molar-refractivity contribution in [1.82, 2.24) is 9.88 Å². The summed E-state index contributed by atoms with van der Waals surface area (Å²) in [7, 11) is 0. The Hall–Kier alpha value is -4.00. The van der Waals surface area contributed by atoms with Gasteiger partial charge in [-0.1, -0.05) is 6.08 Å². The number of aromatic nitrogens is 2. The van der Waals surface area contributed by atoms with Crippen LogP contribution in [0, 0.1) is 0 Å². The van der Waals surface area contributed by atoms with E-state index in [1.165, 1.54) is 17.2 Å². The summed E-state index contributed by atoms with van der Waals surface area (Å²) >= 11 is 0. The van der Waals surface area contributed by atoms with Crippen LogP contribution in [0.3, 0.4) is 0 Å². The lowest BCUT2D eigenvalue weighted by Crippen LogP contribution is -2.40. The van der Waals surface area contributed by atoms with E-state index in [4.69, 9.17) is 9.15 Å². The number of nitrogens with zero attached hydrogens (tertiary/aromatic N) is 3. The van der Waals surface area contributed by atoms with Crippen molar-refractivity contribution in [2.24, 2.45) is 0 Å². The first-order chi connectivity index (χ1) is 14.7. The van der Waals surface area contributed by atoms with Crippen LogP contribution in [0.5, 0.6) is 5.75 Å². The van der Waals surface area contributed by atoms with E-state index in [2.05, 4.69) is 4.98 Å². The third-order valence-electron chi connectivity index (χ3n) is 5.05. The van der Waals surface area contributed by atoms with Gasteiger partial charge in [0.25, 0.3) is 5.91 Å². The van der Waals surface area contributed by atoms with Crippen LogP contribution in [0.2, 0.25) is 0 Å². The average Bonchev–Trinajstić information content (AvgIpc) is 3.40. The number of pyridine rings is 1. The topological polar surface area (TPSA) is 76.5 Å². The maximum atomic E-state index is 11.6. The Labute approximate surface area is 172 Å². The van der Waals surface area contributed by atoms with E-state index in [-0.39, 0.29) is 0 Å². The van der Waals surface area contributed by atoms with E-state index in [0.29, 0.717) is 31.3 Å². The van der Waals surface area contributed by atoms with Crippen LogP contribution >= 0.6 is 0 Å². The predicted molar refractivity (Wildman–Crippen MR) is 108 cm³/mol. The summed E-state index contributed by atoms with van der Waals surface area (Å²) in [5, 5.41) is 0. The minimum atomic E-state index is -0.481. The van der Waals surface area contributed by atoms with E-state index >= 15 is 0 Å². The quantitative estimate of drug-likeness (QED) is 0.486. The van der Waals surface area contributed by atoms with Crippen LogP contribution in [0.4, 0.5) is 0 Å². The first-order valence-corrected chi connectivity index (χ1v) is 9.59. The fourth-order valence-electron chi connectivity index (χ4n) is 3.41. The smallest absolute Gasteiger partial charge is 0.298 e. The van der Waals surface area contributed by atoms with Crippen LogP contribution in [0.15, 0.2) is 71.7 Å². The number of hydrogen-bond acceptors (Lipinski definition) is 5. The molecule has 0 saturated carbocycles. The average molecular weight is 400 g/mol. The van der Waals surface area contributed by atoms with Crippen molar-refractivity contribution in [1.29, 1.82) is 0 Å². The number of ketones is 1. The highest BCUT2D eigenvalue weighted by Crippen LogP contribution is 2.31. The fraction of sp³-hybridized carbons (Fsp3) is 0.130. The number of carbonyl (C=O) groups is 2. The van der Waals surface area contributed by atoms with E-state index in [0.717, 1.165) is 22.4 Å². The van der Waals surface area contributed by atoms with Crippen LogP contribution in [-0.4, -0.2) is 34.7 Å². The van der Waals surface area contributed by atoms with Gasteiger partial charge in [-0.25, -0.2) is 9.55 Å². The minimum absolute atomic E-state index is 0.439. The van der Waals surface area contributed by atoms with E-state index in [1.54, 1.807) is 6.20 Å². The van der Waals surface area contributed by atoms with Gasteiger partial charge < -0.3 is 14.1 Å². The van der Waals surface area contributed by atoms with Crippen LogP contribution in [0.25, 0.3) is 28.9 Å². The molecule has 0 atom stereocenters. The second-order valence-electron chi connectivity index (χ2n) is 7.00. The highest BCUT2D eigenvalue weighted by Gasteiger charge is 2.24. The standard InChI is InChI=1S/C23H18N3O4/c27-19-7-10-26(23(19)28)12-11-25-8-5-16(6-9-25)21-15-24-22(30-21)18-3-4-20-17(14-18)2-1-13-29-20/h1-10,14-15H,11-13H2/q+1. The minimum Gasteiger partial charge on any atom is -0.489 e. The predicted octanol–water partition coefficient (Wildman–Crippen LogP) is 2.63. The summed E-state index contributed by atoms with van der Waals surface area (Å²) in [6.45, 7) is 1.61. The Balaban J connectivity index is 1.28. The van der Waals surface area contributed by atoms with Gasteiger partial charge in [-0.05, 0) is 24.3 Å². The third kappa shape index (κ3) is 3.41. The first kappa shape index (κ1) is 18.1. The molecule has 0 fully saturated rings. The summed E-state index contributed by atoms with van der Waals surface area (Å²) in [5.41, 5.74) is 2.80. The molecule has 0 aliphatic carbocycles. The highest BCUT2D eigenvalue weighted by molar-refractivity contribution is 6.42. The number of benzene rings is 1. The maximum Gasteiger partial charge on any atom is 0.298 e. The lowest BCUT2D eigenvalue weighted by Gasteiger charge is -2.12. The molecule has 0 spiro atoms. The Bertz CT molecular complexity index is 1190. The molecule has 0 radical (unpaired) electrons. The van der Waals surface area contributed by atoms with Crippen LogP contribution < -0.4 is 9.30 Å². The van der Waals surface area contributed by atoms with E-state index in [9.17, 15) is 9.59 Å². The van der Waals surface area contributed by atoms with Gasteiger partial charge in [0, 0.05) is 41.1 Å². The molecular formula is C23H18N3O4+. The lowest BCUT2D eigenvalue weighted by molar-refractivity contribution is -0.695. The monoisotopic (exact) mass is 400 g/mol. The molecule has 7 heteroatoms. The van der Waals surface area contributed by atoms with Crippen molar-refractivity contribution in [3.8, 4) is 28.5 Å². The summed E-state index contributed by atoms with van der Waals surface area (Å²) in [4.78, 5) is 28.7. The van der Waals surface area contributed by atoms with Gasteiger partial charge in [0.15, 0.2) is 24.7 Å². The van der Waals surface area contributed by atoms with Crippen molar-refractivity contribution in [3.63, 3.8) is 0 Å². The largest absolute Gasteiger partial charge is 0.489 e. The Morgan fingerprint density at radius 1 is 1.07 bits per heavy atom. The molecule has 30 heavy (non-hydrogen) atoms. The van der Waals surface area contributed by atoms with Crippen molar-refractivity contribution >= 4 is 17.8 Å². The molecule has 1 amide bonds. The zero-order valence-electron chi connectivity index (χ0n) is 16.0. The molecule has 0 bridgehead atoms. The molecule has 4 heterocycles. The lowest BCUT2D eigenvalue weighted by atomic mass is 10.1. The second-order valence-corrected chi connectivity index (χ2v) is 7.00. The number of hydrogen-bond donors (Lipinski definition) is 0. The number of ether oxygens (including phenoxy) is 1. The van der Waals surface area contributed by atoms with Crippen molar-refractivity contribution in [2.75, 3.05) is 13.2 Å². The molecule has 7 nitrogen and oxygen atoms in total. The number of carbonyl (C=O) groups excluding carboxylic acids is 2. The van der Waals surface area contributed by atoms with Gasteiger partial charge in [-0.3, -0.25) is 9.59 Å². The van der Waals surface area contributed by atoms with Crippen LogP contribution in [-0.2, 0) is 16.1 Å². The van der Waals surface area contributed by atoms with Gasteiger partial charge in [-0.15, -0.1) is 0 Å². The molecule has 0 unspecified atom stereocenters. The molecule has 2 aliphatic heterocycles. The van der Waals surface area contributed by atoms with Crippen molar-refractivity contribution < 1.29 is 23.3 Å². The Morgan fingerprint density at radius 2 is 1.93 bits per heavy atom.